The first-order chi connectivity index (χ1) is 14.6. The number of rotatable bonds is 2. The first-order valence-corrected chi connectivity index (χ1v) is 10.6. The maximum absolute atomic E-state index is 15.3. The minimum atomic E-state index is -0.976. The Morgan fingerprint density at radius 2 is 1.97 bits per heavy atom. The van der Waals surface area contributed by atoms with E-state index in [-0.39, 0.29) is 23.4 Å². The van der Waals surface area contributed by atoms with Gasteiger partial charge in [-0.1, -0.05) is 39.0 Å². The predicted octanol–water partition coefficient (Wildman–Crippen LogP) is 4.44. The van der Waals surface area contributed by atoms with Gasteiger partial charge in [0.05, 0.1) is 16.8 Å². The third kappa shape index (κ3) is 3.18. The molecule has 2 amide bonds. The summed E-state index contributed by atoms with van der Waals surface area (Å²) in [7, 11) is 0. The van der Waals surface area contributed by atoms with E-state index in [0.717, 1.165) is 0 Å². The monoisotopic (exact) mass is 425 g/mol. The second-order valence-electron chi connectivity index (χ2n) is 9.61. The van der Waals surface area contributed by atoms with Gasteiger partial charge in [0, 0.05) is 37.3 Å². The molecule has 4 rings (SSSR count). The molecule has 0 spiro atoms. The van der Waals surface area contributed by atoms with E-state index in [1.807, 2.05) is 20.8 Å². The van der Waals surface area contributed by atoms with Gasteiger partial charge in [-0.2, -0.15) is 0 Å². The van der Waals surface area contributed by atoms with E-state index in [1.165, 1.54) is 4.90 Å². The molecule has 1 N–H and O–H groups in total. The molecule has 2 atom stereocenters. The van der Waals surface area contributed by atoms with Gasteiger partial charge in [-0.3, -0.25) is 14.7 Å². The molecule has 0 bridgehead atoms. The number of nitrogens with zero attached hydrogens (tertiary/aromatic N) is 3. The van der Waals surface area contributed by atoms with Crippen LogP contribution >= 0.6 is 0 Å². The van der Waals surface area contributed by atoms with Crippen molar-refractivity contribution in [2.75, 3.05) is 19.6 Å². The average Bonchev–Trinajstić information content (AvgIpc) is 2.69. The quantitative estimate of drug-likeness (QED) is 0.772. The van der Waals surface area contributed by atoms with Gasteiger partial charge in [0.25, 0.3) is 5.91 Å². The Bertz CT molecular complexity index is 1030. The van der Waals surface area contributed by atoms with Gasteiger partial charge >= 0.3 is 6.09 Å². The third-order valence-electron chi connectivity index (χ3n) is 7.05. The highest BCUT2D eigenvalue weighted by molar-refractivity contribution is 6.01. The van der Waals surface area contributed by atoms with Crippen molar-refractivity contribution in [3.8, 4) is 11.3 Å². The van der Waals surface area contributed by atoms with Crippen LogP contribution in [0.4, 0.5) is 9.18 Å². The standard InChI is InChI=1S/C24H28FN3O3/c1-15-8-9-17(18-7-5-6-11-26-18)19(20(15)25)21(29)27-12-10-16-13-28(22(30)31)24(16,14-27)23(2,3)4/h5-9,11,16H,10,12-14H2,1-4H3,(H,30,31)/t16-,24?/m0/s1. The molecule has 164 valence electrons. The summed E-state index contributed by atoms with van der Waals surface area (Å²) < 4.78 is 15.3. The minimum Gasteiger partial charge on any atom is -0.465 e. The first-order valence-electron chi connectivity index (χ1n) is 10.6. The molecule has 0 saturated carbocycles. The van der Waals surface area contributed by atoms with Crippen molar-refractivity contribution in [2.45, 2.75) is 39.7 Å². The highest BCUT2D eigenvalue weighted by Crippen LogP contribution is 2.53. The number of pyridine rings is 1. The lowest BCUT2D eigenvalue weighted by molar-refractivity contribution is -0.158. The number of likely N-dealkylation sites (tertiary alicyclic amines) is 2. The number of benzene rings is 1. The molecule has 2 aromatic rings. The third-order valence-corrected chi connectivity index (χ3v) is 7.05. The number of carbonyl (C=O) groups is 2. The fourth-order valence-corrected chi connectivity index (χ4v) is 5.33. The Morgan fingerprint density at radius 1 is 1.23 bits per heavy atom. The first kappa shape index (κ1) is 21.3. The van der Waals surface area contributed by atoms with E-state index < -0.39 is 23.4 Å². The number of carboxylic acid groups (broad SMARTS) is 1. The summed E-state index contributed by atoms with van der Waals surface area (Å²) >= 11 is 0. The number of aryl methyl sites for hydroxylation is 1. The Balaban J connectivity index is 1.76. The second kappa shape index (κ2) is 7.32. The highest BCUT2D eigenvalue weighted by atomic mass is 19.1. The summed E-state index contributed by atoms with van der Waals surface area (Å²) in [5, 5.41) is 9.77. The van der Waals surface area contributed by atoms with Gasteiger partial charge < -0.3 is 10.0 Å². The average molecular weight is 426 g/mol. The summed E-state index contributed by atoms with van der Waals surface area (Å²) in [4.78, 5) is 33.0. The van der Waals surface area contributed by atoms with Crippen molar-refractivity contribution in [2.24, 2.45) is 11.3 Å². The van der Waals surface area contributed by atoms with E-state index in [4.69, 9.17) is 0 Å². The van der Waals surface area contributed by atoms with Crippen molar-refractivity contribution in [3.63, 3.8) is 0 Å². The van der Waals surface area contributed by atoms with Gasteiger partial charge in [0.15, 0.2) is 0 Å². The zero-order valence-corrected chi connectivity index (χ0v) is 18.4. The fourth-order valence-electron chi connectivity index (χ4n) is 5.33. The van der Waals surface area contributed by atoms with Crippen LogP contribution in [0, 0.1) is 24.1 Å². The van der Waals surface area contributed by atoms with Gasteiger partial charge in [0.1, 0.15) is 5.82 Å². The van der Waals surface area contributed by atoms with Gasteiger partial charge in [0.2, 0.25) is 0 Å². The lowest BCUT2D eigenvalue weighted by Gasteiger charge is -2.67. The van der Waals surface area contributed by atoms with E-state index in [1.54, 1.807) is 48.4 Å². The van der Waals surface area contributed by atoms with E-state index in [0.29, 0.717) is 36.3 Å². The zero-order chi connectivity index (χ0) is 22.6. The van der Waals surface area contributed by atoms with E-state index in [2.05, 4.69) is 4.98 Å². The molecule has 0 radical (unpaired) electrons. The molecule has 3 heterocycles. The number of piperidine rings is 1. The molecule has 2 saturated heterocycles. The van der Waals surface area contributed by atoms with Crippen LogP contribution in [0.3, 0.4) is 0 Å². The van der Waals surface area contributed by atoms with Crippen LogP contribution in [0.2, 0.25) is 0 Å². The van der Waals surface area contributed by atoms with E-state index >= 15 is 4.39 Å². The molecule has 0 aliphatic carbocycles. The van der Waals surface area contributed by atoms with Gasteiger partial charge in [-0.15, -0.1) is 0 Å². The normalized spacial score (nSPS) is 23.2. The summed E-state index contributed by atoms with van der Waals surface area (Å²) in [6.45, 7) is 8.87. The Hall–Kier alpha value is -2.96. The van der Waals surface area contributed by atoms with Crippen LogP contribution in [0.1, 0.15) is 43.1 Å². The molecule has 1 unspecified atom stereocenters. The van der Waals surface area contributed by atoms with Gasteiger partial charge in [-0.25, -0.2) is 9.18 Å². The number of amides is 2. The largest absolute Gasteiger partial charge is 0.465 e. The fraction of sp³-hybridized carbons (Fsp3) is 0.458. The Kier molecular flexibility index (Phi) is 5.03. The summed E-state index contributed by atoms with van der Waals surface area (Å²) in [6.07, 6.45) is 1.33. The van der Waals surface area contributed by atoms with Crippen LogP contribution in [0.15, 0.2) is 36.5 Å². The number of halogens is 1. The van der Waals surface area contributed by atoms with Crippen LogP contribution in [0.5, 0.6) is 0 Å². The molecule has 1 aromatic heterocycles. The van der Waals surface area contributed by atoms with Crippen molar-refractivity contribution in [1.29, 1.82) is 0 Å². The number of hydrogen-bond donors (Lipinski definition) is 1. The van der Waals surface area contributed by atoms with Crippen molar-refractivity contribution in [1.82, 2.24) is 14.8 Å². The van der Waals surface area contributed by atoms with Gasteiger partial charge in [-0.05, 0) is 36.5 Å². The second-order valence-corrected chi connectivity index (χ2v) is 9.61. The maximum Gasteiger partial charge on any atom is 0.407 e. The molecule has 2 fully saturated rings. The molecule has 2 aliphatic heterocycles. The van der Waals surface area contributed by atoms with Crippen LogP contribution in [-0.2, 0) is 0 Å². The summed E-state index contributed by atoms with van der Waals surface area (Å²) in [6, 6.07) is 8.70. The molecule has 2 aliphatic rings. The molecular formula is C24H28FN3O3. The van der Waals surface area contributed by atoms with Crippen LogP contribution in [0.25, 0.3) is 11.3 Å². The Morgan fingerprint density at radius 3 is 2.58 bits per heavy atom. The van der Waals surface area contributed by atoms with Crippen molar-refractivity contribution < 1.29 is 19.1 Å². The molecule has 6 nitrogen and oxygen atoms in total. The lowest BCUT2D eigenvalue weighted by Crippen LogP contribution is -2.80. The molecule has 1 aromatic carbocycles. The number of fused-ring (bicyclic) bond motifs is 1. The Labute approximate surface area is 181 Å². The molecular weight excluding hydrogens is 397 g/mol. The zero-order valence-electron chi connectivity index (χ0n) is 18.4. The van der Waals surface area contributed by atoms with E-state index in [9.17, 15) is 14.7 Å². The summed E-state index contributed by atoms with van der Waals surface area (Å²) in [5.74, 6) is -0.782. The minimum absolute atomic E-state index is 0.00223. The number of aromatic nitrogens is 1. The molecule has 31 heavy (non-hydrogen) atoms. The predicted molar refractivity (Wildman–Crippen MR) is 115 cm³/mol. The highest BCUT2D eigenvalue weighted by Gasteiger charge is 2.64. The topological polar surface area (TPSA) is 73.7 Å². The molecule has 7 heteroatoms. The van der Waals surface area contributed by atoms with Crippen molar-refractivity contribution in [3.05, 3.63) is 53.5 Å². The van der Waals surface area contributed by atoms with Crippen LogP contribution < -0.4 is 0 Å². The number of carbonyl (C=O) groups excluding carboxylic acids is 1. The summed E-state index contributed by atoms with van der Waals surface area (Å²) in [5.41, 5.74) is 0.312. The SMILES string of the molecule is Cc1ccc(-c2ccccn2)c(C(=O)N2CC[C@H]3CN(C(=O)O)C3(C(C)(C)C)C2)c1F. The van der Waals surface area contributed by atoms with Crippen molar-refractivity contribution >= 4 is 12.0 Å². The number of hydrogen-bond acceptors (Lipinski definition) is 3. The van der Waals surface area contributed by atoms with Crippen LogP contribution in [-0.4, -0.2) is 57.1 Å². The smallest absolute Gasteiger partial charge is 0.407 e. The maximum atomic E-state index is 15.3. The lowest BCUT2D eigenvalue weighted by atomic mass is 9.57.